The molecule has 1 atom stereocenters. The van der Waals surface area contributed by atoms with E-state index in [1.807, 2.05) is 31.2 Å². The molecule has 0 aliphatic heterocycles. The van der Waals surface area contributed by atoms with Crippen LogP contribution in [-0.4, -0.2) is 18.0 Å². The van der Waals surface area contributed by atoms with Crippen molar-refractivity contribution in [3.63, 3.8) is 0 Å². The van der Waals surface area contributed by atoms with Crippen molar-refractivity contribution in [3.05, 3.63) is 64.1 Å². The van der Waals surface area contributed by atoms with Gasteiger partial charge in [-0.1, -0.05) is 31.2 Å². The first-order valence-corrected chi connectivity index (χ1v) is 6.78. The van der Waals surface area contributed by atoms with E-state index in [-0.39, 0.29) is 23.2 Å². The molecule has 0 saturated carbocycles. The SMILES string of the molecule is CCC(NC(=O)c1cccc(=O)[nH]1)c1ccccc1OC. The van der Waals surface area contributed by atoms with E-state index in [0.29, 0.717) is 6.42 Å². The van der Waals surface area contributed by atoms with Gasteiger partial charge < -0.3 is 15.0 Å². The number of pyridine rings is 1. The monoisotopic (exact) mass is 286 g/mol. The first-order chi connectivity index (χ1) is 10.2. The fraction of sp³-hybridized carbons (Fsp3) is 0.250. The third kappa shape index (κ3) is 3.51. The predicted molar refractivity (Wildman–Crippen MR) is 80.6 cm³/mol. The molecule has 5 nitrogen and oxygen atoms in total. The number of methoxy groups -OCH3 is 1. The zero-order valence-corrected chi connectivity index (χ0v) is 12.1. The van der Waals surface area contributed by atoms with Crippen molar-refractivity contribution in [2.24, 2.45) is 0 Å². The quantitative estimate of drug-likeness (QED) is 0.885. The van der Waals surface area contributed by atoms with E-state index < -0.39 is 0 Å². The Morgan fingerprint density at radius 1 is 1.24 bits per heavy atom. The third-order valence-electron chi connectivity index (χ3n) is 3.24. The van der Waals surface area contributed by atoms with Gasteiger partial charge in [-0.25, -0.2) is 0 Å². The largest absolute Gasteiger partial charge is 0.496 e. The molecule has 0 saturated heterocycles. The molecule has 1 aromatic carbocycles. The number of benzene rings is 1. The molecule has 21 heavy (non-hydrogen) atoms. The molecule has 1 heterocycles. The summed E-state index contributed by atoms with van der Waals surface area (Å²) < 4.78 is 5.33. The highest BCUT2D eigenvalue weighted by molar-refractivity contribution is 5.92. The summed E-state index contributed by atoms with van der Waals surface area (Å²) >= 11 is 0. The van der Waals surface area contributed by atoms with Crippen LogP contribution in [0.4, 0.5) is 0 Å². The van der Waals surface area contributed by atoms with Crippen molar-refractivity contribution in [2.75, 3.05) is 7.11 Å². The lowest BCUT2D eigenvalue weighted by atomic mass is 10.0. The van der Waals surface area contributed by atoms with Gasteiger partial charge in [0.05, 0.1) is 13.2 Å². The van der Waals surface area contributed by atoms with E-state index in [2.05, 4.69) is 10.3 Å². The summed E-state index contributed by atoms with van der Waals surface area (Å²) in [5, 5.41) is 2.91. The molecule has 110 valence electrons. The molecular weight excluding hydrogens is 268 g/mol. The molecule has 0 fully saturated rings. The van der Waals surface area contributed by atoms with Crippen LogP contribution in [0.2, 0.25) is 0 Å². The summed E-state index contributed by atoms with van der Waals surface area (Å²) in [5.41, 5.74) is 0.859. The van der Waals surface area contributed by atoms with Crippen molar-refractivity contribution in [1.29, 1.82) is 0 Å². The van der Waals surface area contributed by atoms with Crippen LogP contribution in [0.25, 0.3) is 0 Å². The van der Waals surface area contributed by atoms with Gasteiger partial charge in [-0.15, -0.1) is 0 Å². The van der Waals surface area contributed by atoms with E-state index in [4.69, 9.17) is 4.74 Å². The fourth-order valence-electron chi connectivity index (χ4n) is 2.17. The molecule has 0 spiro atoms. The van der Waals surface area contributed by atoms with Crippen molar-refractivity contribution < 1.29 is 9.53 Å². The van der Waals surface area contributed by atoms with E-state index >= 15 is 0 Å². The zero-order valence-electron chi connectivity index (χ0n) is 12.1. The van der Waals surface area contributed by atoms with E-state index in [1.165, 1.54) is 6.07 Å². The first-order valence-electron chi connectivity index (χ1n) is 6.78. The van der Waals surface area contributed by atoms with Gasteiger partial charge in [0.1, 0.15) is 11.4 Å². The molecule has 0 radical (unpaired) electrons. The molecule has 2 aromatic rings. The molecule has 2 N–H and O–H groups in total. The maximum atomic E-state index is 12.2. The number of rotatable bonds is 5. The number of hydrogen-bond acceptors (Lipinski definition) is 3. The number of hydrogen-bond donors (Lipinski definition) is 2. The molecule has 0 aliphatic carbocycles. The van der Waals surface area contributed by atoms with Crippen LogP contribution in [0.1, 0.15) is 35.4 Å². The Morgan fingerprint density at radius 3 is 2.67 bits per heavy atom. The Kier molecular flexibility index (Phi) is 4.77. The van der Waals surface area contributed by atoms with Gasteiger partial charge in [0, 0.05) is 11.6 Å². The number of aromatic amines is 1. The second-order valence-corrected chi connectivity index (χ2v) is 4.60. The average molecular weight is 286 g/mol. The minimum atomic E-state index is -0.314. The van der Waals surface area contributed by atoms with Crippen molar-refractivity contribution in [1.82, 2.24) is 10.3 Å². The first kappa shape index (κ1) is 14.8. The van der Waals surface area contributed by atoms with Crippen LogP contribution >= 0.6 is 0 Å². The Bertz CT molecular complexity index is 679. The maximum Gasteiger partial charge on any atom is 0.268 e. The summed E-state index contributed by atoms with van der Waals surface area (Å²) in [6.07, 6.45) is 0.711. The summed E-state index contributed by atoms with van der Waals surface area (Å²) in [7, 11) is 1.60. The summed E-state index contributed by atoms with van der Waals surface area (Å²) in [5.74, 6) is 0.414. The fourth-order valence-corrected chi connectivity index (χ4v) is 2.17. The van der Waals surface area contributed by atoms with E-state index in [0.717, 1.165) is 11.3 Å². The molecule has 2 rings (SSSR count). The Labute approximate surface area is 123 Å². The summed E-state index contributed by atoms with van der Waals surface area (Å²) in [6, 6.07) is 11.9. The van der Waals surface area contributed by atoms with Gasteiger partial charge >= 0.3 is 0 Å². The predicted octanol–water partition coefficient (Wildman–Crippen LogP) is 2.26. The van der Waals surface area contributed by atoms with E-state index in [9.17, 15) is 9.59 Å². The Hall–Kier alpha value is -2.56. The van der Waals surface area contributed by atoms with Gasteiger partial charge in [-0.2, -0.15) is 0 Å². The minimum absolute atomic E-state index is 0.183. The highest BCUT2D eigenvalue weighted by Gasteiger charge is 2.17. The van der Waals surface area contributed by atoms with Crippen molar-refractivity contribution in [3.8, 4) is 5.75 Å². The molecular formula is C16H18N2O3. The third-order valence-corrected chi connectivity index (χ3v) is 3.24. The molecule has 1 unspecified atom stereocenters. The van der Waals surface area contributed by atoms with Gasteiger partial charge in [-0.3, -0.25) is 9.59 Å². The van der Waals surface area contributed by atoms with Crippen LogP contribution in [-0.2, 0) is 0 Å². The number of para-hydroxylation sites is 1. The minimum Gasteiger partial charge on any atom is -0.496 e. The smallest absolute Gasteiger partial charge is 0.268 e. The molecule has 1 aromatic heterocycles. The number of H-pyrrole nitrogens is 1. The average Bonchev–Trinajstić information content (AvgIpc) is 2.52. The van der Waals surface area contributed by atoms with Gasteiger partial charge in [0.25, 0.3) is 5.91 Å². The molecule has 0 bridgehead atoms. The topological polar surface area (TPSA) is 71.2 Å². The van der Waals surface area contributed by atoms with Crippen molar-refractivity contribution in [2.45, 2.75) is 19.4 Å². The number of carbonyl (C=O) groups is 1. The number of carbonyl (C=O) groups excluding carboxylic acids is 1. The second kappa shape index (κ2) is 6.74. The van der Waals surface area contributed by atoms with Gasteiger partial charge in [0.15, 0.2) is 0 Å². The highest BCUT2D eigenvalue weighted by Crippen LogP contribution is 2.26. The standard InChI is InChI=1S/C16H18N2O3/c1-3-12(11-7-4-5-9-14(11)21-2)18-16(20)13-8-6-10-15(19)17-13/h4-10,12H,3H2,1-2H3,(H,17,19)(H,18,20). The number of aromatic nitrogens is 1. The highest BCUT2D eigenvalue weighted by atomic mass is 16.5. The second-order valence-electron chi connectivity index (χ2n) is 4.60. The normalized spacial score (nSPS) is 11.7. The van der Waals surface area contributed by atoms with Gasteiger partial charge in [-0.05, 0) is 18.6 Å². The Balaban J connectivity index is 2.23. The Morgan fingerprint density at radius 2 is 2.00 bits per heavy atom. The van der Waals surface area contributed by atoms with Crippen LogP contribution in [0.15, 0.2) is 47.3 Å². The molecule has 0 aliphatic rings. The van der Waals surface area contributed by atoms with Crippen LogP contribution in [0.3, 0.4) is 0 Å². The number of nitrogens with one attached hydrogen (secondary N) is 2. The lowest BCUT2D eigenvalue weighted by Gasteiger charge is -2.19. The summed E-state index contributed by atoms with van der Waals surface area (Å²) in [6.45, 7) is 1.98. The van der Waals surface area contributed by atoms with Crippen LogP contribution < -0.4 is 15.6 Å². The number of ether oxygens (including phenoxy) is 1. The lowest BCUT2D eigenvalue weighted by molar-refractivity contribution is 0.0930. The number of amides is 1. The lowest BCUT2D eigenvalue weighted by Crippen LogP contribution is -2.30. The van der Waals surface area contributed by atoms with Gasteiger partial charge in [0.2, 0.25) is 5.56 Å². The van der Waals surface area contributed by atoms with Crippen molar-refractivity contribution >= 4 is 5.91 Å². The molecule has 5 heteroatoms. The zero-order chi connectivity index (χ0) is 15.2. The summed E-state index contributed by atoms with van der Waals surface area (Å²) in [4.78, 5) is 26.0. The molecule has 1 amide bonds. The van der Waals surface area contributed by atoms with E-state index in [1.54, 1.807) is 19.2 Å². The van der Waals surface area contributed by atoms with Crippen LogP contribution in [0, 0.1) is 0 Å². The van der Waals surface area contributed by atoms with Crippen LogP contribution in [0.5, 0.6) is 5.75 Å². The maximum absolute atomic E-state index is 12.2.